The molecule has 0 spiro atoms. The van der Waals surface area contributed by atoms with E-state index in [4.69, 9.17) is 14.1 Å². The quantitative estimate of drug-likeness (QED) is 0.548. The SMILES string of the molecule is CCON=Cc1cc(C)c(OCCc2cc(CC)no2)c(C)c1. The highest BCUT2D eigenvalue weighted by molar-refractivity contribution is 5.80. The molecule has 1 heterocycles. The lowest BCUT2D eigenvalue weighted by atomic mass is 10.1. The smallest absolute Gasteiger partial charge is 0.140 e. The minimum Gasteiger partial charge on any atom is -0.493 e. The van der Waals surface area contributed by atoms with E-state index in [9.17, 15) is 0 Å². The molecule has 2 rings (SSSR count). The van der Waals surface area contributed by atoms with E-state index < -0.39 is 0 Å². The molecule has 0 unspecified atom stereocenters. The Hall–Kier alpha value is -2.30. The Bertz CT molecular complexity index is 639. The molecule has 1 aromatic carbocycles. The fourth-order valence-corrected chi connectivity index (χ4v) is 2.35. The van der Waals surface area contributed by atoms with E-state index in [-0.39, 0.29) is 0 Å². The molecule has 0 radical (unpaired) electrons. The Labute approximate surface area is 137 Å². The lowest BCUT2D eigenvalue weighted by Gasteiger charge is -2.12. The summed E-state index contributed by atoms with van der Waals surface area (Å²) < 4.78 is 11.2. The third-order valence-corrected chi connectivity index (χ3v) is 3.45. The van der Waals surface area contributed by atoms with E-state index >= 15 is 0 Å². The molecule has 0 atom stereocenters. The molecule has 1 aromatic heterocycles. The molecule has 0 amide bonds. The van der Waals surface area contributed by atoms with Crippen molar-refractivity contribution in [2.45, 2.75) is 40.5 Å². The lowest BCUT2D eigenvalue weighted by molar-refractivity contribution is 0.160. The number of ether oxygens (including phenoxy) is 1. The van der Waals surface area contributed by atoms with Crippen LogP contribution in [0.2, 0.25) is 0 Å². The van der Waals surface area contributed by atoms with Crippen LogP contribution in [-0.2, 0) is 17.7 Å². The Morgan fingerprint density at radius 2 is 1.91 bits per heavy atom. The van der Waals surface area contributed by atoms with Crippen molar-refractivity contribution < 1.29 is 14.1 Å². The van der Waals surface area contributed by atoms with Gasteiger partial charge in [0.25, 0.3) is 0 Å². The average molecular weight is 316 g/mol. The fourth-order valence-electron chi connectivity index (χ4n) is 2.35. The molecule has 2 aromatic rings. The second-order valence-corrected chi connectivity index (χ2v) is 5.37. The lowest BCUT2D eigenvalue weighted by Crippen LogP contribution is -2.04. The summed E-state index contributed by atoms with van der Waals surface area (Å²) in [5.41, 5.74) is 4.14. The average Bonchev–Trinajstić information content (AvgIpc) is 2.98. The Kier molecular flexibility index (Phi) is 6.20. The van der Waals surface area contributed by atoms with Crippen LogP contribution in [0.3, 0.4) is 0 Å². The van der Waals surface area contributed by atoms with Crippen LogP contribution in [0, 0.1) is 13.8 Å². The van der Waals surface area contributed by atoms with Crippen LogP contribution in [0.15, 0.2) is 27.9 Å². The molecule has 23 heavy (non-hydrogen) atoms. The summed E-state index contributed by atoms with van der Waals surface area (Å²) in [6.45, 7) is 9.15. The minimum atomic E-state index is 0.562. The first-order valence-corrected chi connectivity index (χ1v) is 7.97. The topological polar surface area (TPSA) is 56.9 Å². The maximum Gasteiger partial charge on any atom is 0.140 e. The molecule has 0 aliphatic heterocycles. The Balaban J connectivity index is 1.96. The second-order valence-electron chi connectivity index (χ2n) is 5.37. The third kappa shape index (κ3) is 4.84. The molecule has 124 valence electrons. The Morgan fingerprint density at radius 1 is 1.17 bits per heavy atom. The maximum absolute atomic E-state index is 5.93. The van der Waals surface area contributed by atoms with Crippen molar-refractivity contribution in [2.75, 3.05) is 13.2 Å². The number of hydrogen-bond acceptors (Lipinski definition) is 5. The van der Waals surface area contributed by atoms with Crippen molar-refractivity contribution >= 4 is 6.21 Å². The largest absolute Gasteiger partial charge is 0.493 e. The molecule has 0 saturated carbocycles. The van der Waals surface area contributed by atoms with Crippen LogP contribution in [0.25, 0.3) is 0 Å². The number of rotatable bonds is 8. The highest BCUT2D eigenvalue weighted by Gasteiger charge is 2.08. The highest BCUT2D eigenvalue weighted by atomic mass is 16.6. The van der Waals surface area contributed by atoms with Gasteiger partial charge in [-0.1, -0.05) is 17.2 Å². The minimum absolute atomic E-state index is 0.562. The molecule has 0 saturated heterocycles. The van der Waals surface area contributed by atoms with E-state index in [1.54, 1.807) is 6.21 Å². The zero-order chi connectivity index (χ0) is 16.7. The number of aryl methyl sites for hydroxylation is 3. The van der Waals surface area contributed by atoms with Crippen LogP contribution >= 0.6 is 0 Å². The standard InChI is InChI=1S/C18H24N2O3/c1-5-16-11-17(23-20-16)7-8-21-18-13(3)9-15(10-14(18)4)12-19-22-6-2/h9-12H,5-8H2,1-4H3. The molecule has 5 heteroatoms. The van der Waals surface area contributed by atoms with Crippen molar-refractivity contribution in [3.8, 4) is 5.75 Å². The van der Waals surface area contributed by atoms with Crippen molar-refractivity contribution in [3.05, 3.63) is 46.3 Å². The van der Waals surface area contributed by atoms with Crippen LogP contribution in [0.5, 0.6) is 5.75 Å². The van der Waals surface area contributed by atoms with Gasteiger partial charge >= 0.3 is 0 Å². The fraction of sp³-hybridized carbons (Fsp3) is 0.444. The van der Waals surface area contributed by atoms with Crippen molar-refractivity contribution in [1.82, 2.24) is 5.16 Å². The summed E-state index contributed by atoms with van der Waals surface area (Å²) in [5.74, 6) is 1.77. The van der Waals surface area contributed by atoms with Gasteiger partial charge in [0, 0.05) is 12.5 Å². The summed E-state index contributed by atoms with van der Waals surface area (Å²) in [5, 5.41) is 7.88. The van der Waals surface area contributed by atoms with Gasteiger partial charge in [-0.3, -0.25) is 0 Å². The monoisotopic (exact) mass is 316 g/mol. The molecular formula is C18H24N2O3. The number of nitrogens with zero attached hydrogens (tertiary/aromatic N) is 2. The predicted octanol–water partition coefficient (Wildman–Crippen LogP) is 3.85. The summed E-state index contributed by atoms with van der Waals surface area (Å²) in [4.78, 5) is 4.99. The molecule has 0 aliphatic rings. The predicted molar refractivity (Wildman–Crippen MR) is 90.2 cm³/mol. The van der Waals surface area contributed by atoms with Gasteiger partial charge in [0.2, 0.25) is 0 Å². The number of hydrogen-bond donors (Lipinski definition) is 0. The summed E-state index contributed by atoms with van der Waals surface area (Å²) in [7, 11) is 0. The molecular weight excluding hydrogens is 292 g/mol. The van der Waals surface area contributed by atoms with E-state index in [2.05, 4.69) is 17.2 Å². The van der Waals surface area contributed by atoms with Gasteiger partial charge in [-0.25, -0.2) is 0 Å². The van der Waals surface area contributed by atoms with Gasteiger partial charge in [-0.05, 0) is 56.0 Å². The maximum atomic E-state index is 5.93. The molecule has 0 N–H and O–H groups in total. The number of oxime groups is 1. The van der Waals surface area contributed by atoms with Gasteiger partial charge < -0.3 is 14.1 Å². The van der Waals surface area contributed by atoms with Gasteiger partial charge in [0.15, 0.2) is 0 Å². The zero-order valence-electron chi connectivity index (χ0n) is 14.3. The van der Waals surface area contributed by atoms with Gasteiger partial charge in [0.05, 0.1) is 18.5 Å². The Morgan fingerprint density at radius 3 is 2.52 bits per heavy atom. The second kappa shape index (κ2) is 8.36. The van der Waals surface area contributed by atoms with Gasteiger partial charge in [-0.15, -0.1) is 0 Å². The van der Waals surface area contributed by atoms with Crippen molar-refractivity contribution in [1.29, 1.82) is 0 Å². The first kappa shape index (κ1) is 17.1. The van der Waals surface area contributed by atoms with Gasteiger partial charge in [0.1, 0.15) is 18.1 Å². The van der Waals surface area contributed by atoms with Crippen molar-refractivity contribution in [3.63, 3.8) is 0 Å². The molecule has 5 nitrogen and oxygen atoms in total. The van der Waals surface area contributed by atoms with Crippen molar-refractivity contribution in [2.24, 2.45) is 5.16 Å². The highest BCUT2D eigenvalue weighted by Crippen LogP contribution is 2.24. The molecule has 0 fully saturated rings. The summed E-state index contributed by atoms with van der Waals surface area (Å²) in [6.07, 6.45) is 3.31. The van der Waals surface area contributed by atoms with Crippen LogP contribution in [-0.4, -0.2) is 24.6 Å². The van der Waals surface area contributed by atoms with E-state index in [1.165, 1.54) is 0 Å². The molecule has 0 bridgehead atoms. The molecule has 0 aliphatic carbocycles. The summed E-state index contributed by atoms with van der Waals surface area (Å²) >= 11 is 0. The number of aromatic nitrogens is 1. The van der Waals surface area contributed by atoms with E-state index in [0.717, 1.165) is 40.3 Å². The van der Waals surface area contributed by atoms with Gasteiger partial charge in [-0.2, -0.15) is 0 Å². The van der Waals surface area contributed by atoms with Crippen LogP contribution < -0.4 is 4.74 Å². The summed E-state index contributed by atoms with van der Waals surface area (Å²) in [6, 6.07) is 6.05. The third-order valence-electron chi connectivity index (χ3n) is 3.45. The van der Waals surface area contributed by atoms with Crippen LogP contribution in [0.1, 0.15) is 42.0 Å². The zero-order valence-corrected chi connectivity index (χ0v) is 14.3. The van der Waals surface area contributed by atoms with Crippen LogP contribution in [0.4, 0.5) is 0 Å². The number of benzene rings is 1. The first-order chi connectivity index (χ1) is 11.1. The normalized spacial score (nSPS) is 11.1. The van der Waals surface area contributed by atoms with E-state index in [0.29, 0.717) is 19.6 Å². The van der Waals surface area contributed by atoms with E-state index in [1.807, 2.05) is 39.0 Å². The first-order valence-electron chi connectivity index (χ1n) is 7.97.